The zero-order chi connectivity index (χ0) is 22.0. The van der Waals surface area contributed by atoms with E-state index in [-0.39, 0.29) is 10.8 Å². The van der Waals surface area contributed by atoms with Crippen molar-refractivity contribution in [2.45, 2.75) is 31.6 Å². The van der Waals surface area contributed by atoms with Crippen LogP contribution in [0.5, 0.6) is 11.5 Å². The molecule has 0 aromatic heterocycles. The van der Waals surface area contributed by atoms with Gasteiger partial charge in [-0.05, 0) is 55.3 Å². The molecule has 2 aromatic carbocycles. The lowest BCUT2D eigenvalue weighted by atomic mass is 10.2. The highest BCUT2D eigenvalue weighted by Crippen LogP contribution is 2.28. The molecule has 0 saturated heterocycles. The van der Waals surface area contributed by atoms with Gasteiger partial charge in [0.1, 0.15) is 0 Å². The maximum Gasteiger partial charge on any atom is 0.248 e. The minimum Gasteiger partial charge on any atom is -0.493 e. The van der Waals surface area contributed by atoms with Crippen molar-refractivity contribution in [2.75, 3.05) is 25.6 Å². The van der Waals surface area contributed by atoms with E-state index in [2.05, 4.69) is 10.0 Å². The van der Waals surface area contributed by atoms with E-state index in [9.17, 15) is 13.2 Å². The van der Waals surface area contributed by atoms with Gasteiger partial charge in [-0.2, -0.15) is 0 Å². The van der Waals surface area contributed by atoms with Crippen molar-refractivity contribution in [3.8, 4) is 11.5 Å². The standard InChI is InChI=1S/C22H28N2O5S/c1-4-6-14-23-30(26,27)19-9-7-8-18(16-19)24-22(25)13-11-17-10-12-20(28-3)21(15-17)29-5-2/h7-13,15-16,23H,4-6,14H2,1-3H3,(H,24,25)/b13-11+. The number of ether oxygens (including phenoxy) is 2. The number of hydrogen-bond acceptors (Lipinski definition) is 5. The minimum absolute atomic E-state index is 0.108. The summed E-state index contributed by atoms with van der Waals surface area (Å²) >= 11 is 0. The molecule has 162 valence electrons. The summed E-state index contributed by atoms with van der Waals surface area (Å²) in [6, 6.07) is 11.5. The van der Waals surface area contributed by atoms with Gasteiger partial charge in [0.05, 0.1) is 18.6 Å². The molecule has 2 aromatic rings. The van der Waals surface area contributed by atoms with E-state index in [1.807, 2.05) is 13.8 Å². The molecule has 0 bridgehead atoms. The molecule has 30 heavy (non-hydrogen) atoms. The van der Waals surface area contributed by atoms with E-state index >= 15 is 0 Å². The number of carbonyl (C=O) groups is 1. The molecular weight excluding hydrogens is 404 g/mol. The molecule has 0 heterocycles. The van der Waals surface area contributed by atoms with Crippen LogP contribution in [-0.4, -0.2) is 34.6 Å². The van der Waals surface area contributed by atoms with Gasteiger partial charge in [-0.3, -0.25) is 4.79 Å². The van der Waals surface area contributed by atoms with Gasteiger partial charge in [0.25, 0.3) is 0 Å². The van der Waals surface area contributed by atoms with Crippen LogP contribution in [0.25, 0.3) is 6.08 Å². The third kappa shape index (κ3) is 6.89. The molecule has 0 atom stereocenters. The fourth-order valence-corrected chi connectivity index (χ4v) is 3.75. The highest BCUT2D eigenvalue weighted by molar-refractivity contribution is 7.89. The molecular formula is C22H28N2O5S. The number of carbonyl (C=O) groups excluding carboxylic acids is 1. The van der Waals surface area contributed by atoms with Crippen LogP contribution in [0, 0.1) is 0 Å². The predicted octanol–water partition coefficient (Wildman–Crippen LogP) is 3.82. The third-order valence-electron chi connectivity index (χ3n) is 4.15. The number of unbranched alkanes of at least 4 members (excludes halogenated alkanes) is 1. The Morgan fingerprint density at radius 2 is 1.90 bits per heavy atom. The summed E-state index contributed by atoms with van der Waals surface area (Å²) in [5.41, 5.74) is 1.17. The van der Waals surface area contributed by atoms with Gasteiger partial charge in [-0.15, -0.1) is 0 Å². The van der Waals surface area contributed by atoms with Crippen LogP contribution in [0.2, 0.25) is 0 Å². The Morgan fingerprint density at radius 3 is 2.60 bits per heavy atom. The second-order valence-corrected chi connectivity index (χ2v) is 8.21. The molecule has 0 aliphatic carbocycles. The fourth-order valence-electron chi connectivity index (χ4n) is 2.63. The Labute approximate surface area is 178 Å². The van der Waals surface area contributed by atoms with Gasteiger partial charge >= 0.3 is 0 Å². The van der Waals surface area contributed by atoms with Crippen LogP contribution in [0.1, 0.15) is 32.3 Å². The summed E-state index contributed by atoms with van der Waals surface area (Å²) in [6.07, 6.45) is 4.67. The van der Waals surface area contributed by atoms with Crippen molar-refractivity contribution in [3.05, 3.63) is 54.1 Å². The Kier molecular flexibility index (Phi) is 8.89. The minimum atomic E-state index is -3.61. The molecule has 0 unspecified atom stereocenters. The normalized spacial score (nSPS) is 11.4. The lowest BCUT2D eigenvalue weighted by Gasteiger charge is -2.10. The number of sulfonamides is 1. The van der Waals surface area contributed by atoms with Crippen LogP contribution < -0.4 is 19.5 Å². The topological polar surface area (TPSA) is 93.7 Å². The number of hydrogen-bond donors (Lipinski definition) is 2. The van der Waals surface area contributed by atoms with E-state index in [1.165, 1.54) is 18.2 Å². The number of methoxy groups -OCH3 is 1. The maximum absolute atomic E-state index is 12.3. The number of benzene rings is 2. The lowest BCUT2D eigenvalue weighted by Crippen LogP contribution is -2.24. The Bertz CT molecular complexity index is 987. The summed E-state index contributed by atoms with van der Waals surface area (Å²) in [6.45, 7) is 4.74. The summed E-state index contributed by atoms with van der Waals surface area (Å²) in [4.78, 5) is 12.4. The molecule has 7 nitrogen and oxygen atoms in total. The second-order valence-electron chi connectivity index (χ2n) is 6.45. The summed E-state index contributed by atoms with van der Waals surface area (Å²) in [5, 5.41) is 2.68. The first-order chi connectivity index (χ1) is 14.4. The lowest BCUT2D eigenvalue weighted by molar-refractivity contribution is -0.111. The van der Waals surface area contributed by atoms with Crippen molar-refractivity contribution in [3.63, 3.8) is 0 Å². The molecule has 0 fully saturated rings. The Hall–Kier alpha value is -2.84. The van der Waals surface area contributed by atoms with Gasteiger partial charge < -0.3 is 14.8 Å². The highest BCUT2D eigenvalue weighted by atomic mass is 32.2. The largest absolute Gasteiger partial charge is 0.493 e. The molecule has 0 aliphatic heterocycles. The Morgan fingerprint density at radius 1 is 1.10 bits per heavy atom. The molecule has 2 N–H and O–H groups in total. The van der Waals surface area contributed by atoms with Crippen LogP contribution in [0.3, 0.4) is 0 Å². The second kappa shape index (κ2) is 11.4. The molecule has 8 heteroatoms. The van der Waals surface area contributed by atoms with E-state index in [0.29, 0.717) is 30.3 Å². The summed E-state index contributed by atoms with van der Waals surface area (Å²) in [7, 11) is -2.04. The molecule has 0 radical (unpaired) electrons. The number of amides is 1. The smallest absolute Gasteiger partial charge is 0.248 e. The zero-order valence-electron chi connectivity index (χ0n) is 17.5. The van der Waals surface area contributed by atoms with E-state index in [4.69, 9.17) is 9.47 Å². The van der Waals surface area contributed by atoms with Crippen molar-refractivity contribution < 1.29 is 22.7 Å². The van der Waals surface area contributed by atoms with Crippen molar-refractivity contribution in [1.82, 2.24) is 4.72 Å². The van der Waals surface area contributed by atoms with E-state index in [1.54, 1.807) is 43.5 Å². The molecule has 0 spiro atoms. The van der Waals surface area contributed by atoms with Crippen LogP contribution in [-0.2, 0) is 14.8 Å². The first-order valence-corrected chi connectivity index (χ1v) is 11.3. The molecule has 0 saturated carbocycles. The first-order valence-electron chi connectivity index (χ1n) is 9.79. The van der Waals surface area contributed by atoms with Crippen LogP contribution in [0.15, 0.2) is 53.4 Å². The summed E-state index contributed by atoms with van der Waals surface area (Å²) in [5.74, 6) is 0.831. The van der Waals surface area contributed by atoms with Gasteiger partial charge in [-0.25, -0.2) is 13.1 Å². The third-order valence-corrected chi connectivity index (χ3v) is 5.61. The van der Waals surface area contributed by atoms with E-state index in [0.717, 1.165) is 18.4 Å². The van der Waals surface area contributed by atoms with Crippen molar-refractivity contribution >= 4 is 27.7 Å². The van der Waals surface area contributed by atoms with E-state index < -0.39 is 10.0 Å². The van der Waals surface area contributed by atoms with Crippen LogP contribution >= 0.6 is 0 Å². The van der Waals surface area contributed by atoms with Crippen molar-refractivity contribution in [1.29, 1.82) is 0 Å². The molecule has 0 aliphatic rings. The molecule has 1 amide bonds. The number of rotatable bonds is 11. The highest BCUT2D eigenvalue weighted by Gasteiger charge is 2.14. The van der Waals surface area contributed by atoms with Gasteiger partial charge in [0.15, 0.2) is 11.5 Å². The Balaban J connectivity index is 2.07. The molecule has 2 rings (SSSR count). The number of anilines is 1. The van der Waals surface area contributed by atoms with Gasteiger partial charge in [-0.1, -0.05) is 25.5 Å². The quantitative estimate of drug-likeness (QED) is 0.416. The van der Waals surface area contributed by atoms with Gasteiger partial charge in [0, 0.05) is 18.3 Å². The zero-order valence-corrected chi connectivity index (χ0v) is 18.3. The predicted molar refractivity (Wildman–Crippen MR) is 118 cm³/mol. The average molecular weight is 433 g/mol. The monoisotopic (exact) mass is 432 g/mol. The average Bonchev–Trinajstić information content (AvgIpc) is 2.73. The van der Waals surface area contributed by atoms with Crippen molar-refractivity contribution in [2.24, 2.45) is 0 Å². The SMILES string of the molecule is CCCCNS(=O)(=O)c1cccc(NC(=O)/C=C/c2ccc(OC)c(OCC)c2)c1. The van der Waals surface area contributed by atoms with Gasteiger partial charge in [0.2, 0.25) is 15.9 Å². The van der Waals surface area contributed by atoms with Crippen LogP contribution in [0.4, 0.5) is 5.69 Å². The fraction of sp³-hybridized carbons (Fsp3) is 0.318. The number of nitrogens with one attached hydrogen (secondary N) is 2. The first kappa shape index (κ1) is 23.4. The summed E-state index contributed by atoms with van der Waals surface area (Å²) < 4.78 is 38.0. The maximum atomic E-state index is 12.3.